The van der Waals surface area contributed by atoms with Crippen LogP contribution in [0.25, 0.3) is 0 Å². The average molecular weight is 286 g/mol. The van der Waals surface area contributed by atoms with Crippen LogP contribution < -0.4 is 0 Å². The molecule has 1 aromatic carbocycles. The second kappa shape index (κ2) is 7.09. The van der Waals surface area contributed by atoms with Crippen molar-refractivity contribution in [2.45, 2.75) is 19.4 Å². The highest BCUT2D eigenvalue weighted by Crippen LogP contribution is 2.15. The van der Waals surface area contributed by atoms with Gasteiger partial charge < -0.3 is 14.6 Å². The van der Waals surface area contributed by atoms with Gasteiger partial charge in [-0.3, -0.25) is 0 Å². The van der Waals surface area contributed by atoms with Crippen LogP contribution in [0, 0.1) is 0 Å². The van der Waals surface area contributed by atoms with E-state index >= 15 is 0 Å². The largest absolute Gasteiger partial charge is 0.478 e. The monoisotopic (exact) mass is 286 g/mol. The molecule has 0 atom stereocenters. The highest BCUT2D eigenvalue weighted by Gasteiger charge is 2.15. The Morgan fingerprint density at radius 2 is 1.86 bits per heavy atom. The summed E-state index contributed by atoms with van der Waals surface area (Å²) >= 11 is 0. The molecule has 4 nitrogen and oxygen atoms in total. The van der Waals surface area contributed by atoms with E-state index in [2.05, 4.69) is 21.6 Å². The van der Waals surface area contributed by atoms with Crippen molar-refractivity contribution in [2.75, 3.05) is 20.6 Å². The number of likely N-dealkylation sites (N-methyl/N-ethyl adjacent to an activating group) is 1. The van der Waals surface area contributed by atoms with E-state index < -0.39 is 5.97 Å². The number of aryl methyl sites for hydroxylation is 1. The molecular formula is C17H22N2O2. The third kappa shape index (κ3) is 4.20. The van der Waals surface area contributed by atoms with Gasteiger partial charge in [0.2, 0.25) is 0 Å². The van der Waals surface area contributed by atoms with E-state index in [1.807, 2.05) is 38.5 Å². The Morgan fingerprint density at radius 1 is 1.14 bits per heavy atom. The van der Waals surface area contributed by atoms with Crippen LogP contribution in [0.3, 0.4) is 0 Å². The number of carboxylic acid groups (broad SMARTS) is 1. The zero-order valence-electron chi connectivity index (χ0n) is 12.6. The van der Waals surface area contributed by atoms with Crippen LogP contribution in [-0.4, -0.2) is 41.2 Å². The molecule has 21 heavy (non-hydrogen) atoms. The van der Waals surface area contributed by atoms with Crippen molar-refractivity contribution >= 4 is 5.97 Å². The molecule has 0 aliphatic rings. The van der Waals surface area contributed by atoms with Gasteiger partial charge in [-0.2, -0.15) is 0 Å². The molecule has 0 bridgehead atoms. The number of aromatic nitrogens is 1. The molecule has 1 aromatic heterocycles. The zero-order valence-corrected chi connectivity index (χ0v) is 12.6. The smallest absolute Gasteiger partial charge is 0.337 e. The maximum atomic E-state index is 11.4. The van der Waals surface area contributed by atoms with Crippen molar-refractivity contribution < 1.29 is 9.90 Å². The van der Waals surface area contributed by atoms with Crippen molar-refractivity contribution in [3.8, 4) is 0 Å². The van der Waals surface area contributed by atoms with Crippen molar-refractivity contribution in [1.29, 1.82) is 0 Å². The van der Waals surface area contributed by atoms with Crippen molar-refractivity contribution in [3.05, 3.63) is 59.4 Å². The molecule has 0 saturated heterocycles. The summed E-state index contributed by atoms with van der Waals surface area (Å²) in [4.78, 5) is 13.5. The first-order valence-corrected chi connectivity index (χ1v) is 7.18. The van der Waals surface area contributed by atoms with Gasteiger partial charge in [-0.05, 0) is 38.6 Å². The van der Waals surface area contributed by atoms with Crippen LogP contribution in [0.2, 0.25) is 0 Å². The first-order chi connectivity index (χ1) is 10.1. The summed E-state index contributed by atoms with van der Waals surface area (Å²) in [5, 5.41) is 9.33. The third-order valence-corrected chi connectivity index (χ3v) is 3.59. The van der Waals surface area contributed by atoms with Crippen molar-refractivity contribution in [1.82, 2.24) is 9.47 Å². The predicted octanol–water partition coefficient (Wildman–Crippen LogP) is 2.53. The number of carboxylic acids is 1. The van der Waals surface area contributed by atoms with Crippen LogP contribution >= 0.6 is 0 Å². The topological polar surface area (TPSA) is 45.5 Å². The summed E-state index contributed by atoms with van der Waals surface area (Å²) in [6.45, 7) is 1.70. The molecule has 112 valence electrons. The van der Waals surface area contributed by atoms with E-state index in [1.54, 1.807) is 6.07 Å². The van der Waals surface area contributed by atoms with E-state index in [0.717, 1.165) is 31.6 Å². The molecular weight excluding hydrogens is 264 g/mol. The van der Waals surface area contributed by atoms with E-state index in [-0.39, 0.29) is 0 Å². The first kappa shape index (κ1) is 15.3. The molecule has 1 N–H and O–H groups in total. The number of rotatable bonds is 7. The molecule has 4 heteroatoms. The van der Waals surface area contributed by atoms with E-state index in [9.17, 15) is 9.90 Å². The van der Waals surface area contributed by atoms with Crippen LogP contribution in [0.5, 0.6) is 0 Å². The van der Waals surface area contributed by atoms with Gasteiger partial charge in [0.1, 0.15) is 0 Å². The normalized spacial score (nSPS) is 11.0. The Balaban J connectivity index is 2.14. The maximum absolute atomic E-state index is 11.4. The Kier molecular flexibility index (Phi) is 5.17. The fraction of sp³-hybridized carbons (Fsp3) is 0.353. The number of nitrogens with zero attached hydrogens (tertiary/aromatic N) is 2. The van der Waals surface area contributed by atoms with E-state index in [1.165, 1.54) is 5.56 Å². The van der Waals surface area contributed by atoms with Gasteiger partial charge in [0, 0.05) is 25.0 Å². The van der Waals surface area contributed by atoms with Gasteiger partial charge in [0.15, 0.2) is 0 Å². The molecule has 0 fully saturated rings. The van der Waals surface area contributed by atoms with Gasteiger partial charge in [0.05, 0.1) is 5.56 Å². The molecule has 1 heterocycles. The molecule has 0 saturated carbocycles. The number of benzene rings is 1. The Morgan fingerprint density at radius 3 is 2.48 bits per heavy atom. The van der Waals surface area contributed by atoms with Gasteiger partial charge in [0.25, 0.3) is 0 Å². The minimum absolute atomic E-state index is 0.421. The third-order valence-electron chi connectivity index (χ3n) is 3.59. The van der Waals surface area contributed by atoms with E-state index in [0.29, 0.717) is 5.56 Å². The maximum Gasteiger partial charge on any atom is 0.337 e. The lowest BCUT2D eigenvalue weighted by Crippen LogP contribution is -2.19. The predicted molar refractivity (Wildman–Crippen MR) is 83.8 cm³/mol. The summed E-state index contributed by atoms with van der Waals surface area (Å²) in [6.07, 6.45) is 3.48. The molecule has 2 aromatic rings. The summed E-state index contributed by atoms with van der Waals surface area (Å²) in [6, 6.07) is 11.9. The number of hydrogen-bond donors (Lipinski definition) is 1. The van der Waals surface area contributed by atoms with Crippen LogP contribution in [0.1, 0.15) is 21.6 Å². The van der Waals surface area contributed by atoms with E-state index in [4.69, 9.17) is 0 Å². The van der Waals surface area contributed by atoms with Crippen LogP contribution in [0.15, 0.2) is 42.6 Å². The van der Waals surface area contributed by atoms with Gasteiger partial charge >= 0.3 is 5.97 Å². The Bertz CT molecular complexity index is 588. The zero-order chi connectivity index (χ0) is 15.2. The summed E-state index contributed by atoms with van der Waals surface area (Å²) in [5.41, 5.74) is 2.56. The minimum atomic E-state index is -0.846. The lowest BCUT2D eigenvalue weighted by Gasteiger charge is -2.14. The minimum Gasteiger partial charge on any atom is -0.478 e. The van der Waals surface area contributed by atoms with Gasteiger partial charge in [-0.25, -0.2) is 4.79 Å². The molecule has 0 unspecified atom stereocenters. The second-order valence-electron chi connectivity index (χ2n) is 5.46. The quantitative estimate of drug-likeness (QED) is 0.850. The standard InChI is InChI=1S/C17H22N2O2/c1-18(2)12-13-19-11-10-15(17(20)21)16(19)9-8-14-6-4-3-5-7-14/h3-7,10-11H,8-9,12-13H2,1-2H3,(H,20,21). The first-order valence-electron chi connectivity index (χ1n) is 7.18. The summed E-state index contributed by atoms with van der Waals surface area (Å²) in [5.74, 6) is -0.846. The van der Waals surface area contributed by atoms with Crippen LogP contribution in [-0.2, 0) is 19.4 Å². The average Bonchev–Trinajstić information content (AvgIpc) is 2.87. The molecule has 0 aliphatic carbocycles. The van der Waals surface area contributed by atoms with Crippen molar-refractivity contribution in [2.24, 2.45) is 0 Å². The molecule has 0 aliphatic heterocycles. The Labute approximate surface area is 125 Å². The number of hydrogen-bond acceptors (Lipinski definition) is 2. The summed E-state index contributed by atoms with van der Waals surface area (Å²) in [7, 11) is 4.04. The number of carbonyl (C=O) groups is 1. The molecule has 2 rings (SSSR count). The fourth-order valence-electron chi connectivity index (χ4n) is 2.40. The second-order valence-corrected chi connectivity index (χ2v) is 5.46. The Hall–Kier alpha value is -2.07. The summed E-state index contributed by atoms with van der Waals surface area (Å²) < 4.78 is 2.06. The van der Waals surface area contributed by atoms with Crippen molar-refractivity contribution in [3.63, 3.8) is 0 Å². The molecule has 0 radical (unpaired) electrons. The van der Waals surface area contributed by atoms with Gasteiger partial charge in [-0.1, -0.05) is 30.3 Å². The molecule has 0 amide bonds. The lowest BCUT2D eigenvalue weighted by molar-refractivity contribution is 0.0695. The van der Waals surface area contributed by atoms with Gasteiger partial charge in [-0.15, -0.1) is 0 Å². The highest BCUT2D eigenvalue weighted by atomic mass is 16.4. The lowest BCUT2D eigenvalue weighted by atomic mass is 10.1. The number of aromatic carboxylic acids is 1. The highest BCUT2D eigenvalue weighted by molar-refractivity contribution is 5.89. The fourth-order valence-corrected chi connectivity index (χ4v) is 2.40. The molecule has 0 spiro atoms. The SMILES string of the molecule is CN(C)CCn1ccc(C(=O)O)c1CCc1ccccc1. The van der Waals surface area contributed by atoms with Crippen LogP contribution in [0.4, 0.5) is 0 Å².